The summed E-state index contributed by atoms with van der Waals surface area (Å²) in [5, 5.41) is 6.60. The summed E-state index contributed by atoms with van der Waals surface area (Å²) in [6, 6.07) is 25.7. The molecule has 4 atom stereocenters. The van der Waals surface area contributed by atoms with E-state index in [1.807, 2.05) is 111 Å². The van der Waals surface area contributed by atoms with Crippen LogP contribution in [0.1, 0.15) is 55.0 Å². The molecule has 3 aromatic carbocycles. The second kappa shape index (κ2) is 7.98. The largest absolute Gasteiger partial charge is 0.405 e. The third-order valence-electron chi connectivity index (χ3n) is 7.37. The lowest BCUT2D eigenvalue weighted by Gasteiger charge is -2.35. The third-order valence-corrected chi connectivity index (χ3v) is 7.37. The molecule has 0 N–H and O–H groups in total. The number of aliphatic imine (C=N–C) groups is 1. The highest BCUT2D eigenvalue weighted by Gasteiger charge is 2.71. The quantitative estimate of drug-likeness (QED) is 0.503. The Morgan fingerprint density at radius 2 is 1.56 bits per heavy atom. The predicted molar refractivity (Wildman–Crippen MR) is 138 cm³/mol. The lowest BCUT2D eigenvalue weighted by atomic mass is 9.70. The van der Waals surface area contributed by atoms with Gasteiger partial charge in [-0.2, -0.15) is 5.10 Å². The van der Waals surface area contributed by atoms with Gasteiger partial charge in [-0.15, -0.1) is 0 Å². The van der Waals surface area contributed by atoms with Gasteiger partial charge in [-0.05, 0) is 28.8 Å². The highest BCUT2D eigenvalue weighted by Crippen LogP contribution is 2.59. The van der Waals surface area contributed by atoms with E-state index < -0.39 is 34.9 Å². The number of nitrogens with zero attached hydrogens (tertiary/aromatic N) is 3. The number of cyclic esters (lactones) is 1. The molecule has 0 saturated carbocycles. The van der Waals surface area contributed by atoms with Gasteiger partial charge in [0.2, 0.25) is 5.90 Å². The first-order valence-corrected chi connectivity index (χ1v) is 12.2. The zero-order chi connectivity index (χ0) is 25.1. The van der Waals surface area contributed by atoms with Crippen molar-refractivity contribution in [1.29, 1.82) is 0 Å². The second-order valence-electron chi connectivity index (χ2n) is 10.6. The summed E-state index contributed by atoms with van der Waals surface area (Å²) in [5.41, 5.74) is 1.36. The Kier molecular flexibility index (Phi) is 4.97. The number of carbonyl (C=O) groups is 2. The number of ether oxygens (including phenoxy) is 1. The molecule has 180 valence electrons. The van der Waals surface area contributed by atoms with Gasteiger partial charge in [0.05, 0.1) is 12.1 Å². The topological polar surface area (TPSA) is 71.3 Å². The highest BCUT2D eigenvalue weighted by molar-refractivity contribution is 6.10. The highest BCUT2D eigenvalue weighted by atomic mass is 16.6. The van der Waals surface area contributed by atoms with Crippen LogP contribution in [0, 0.1) is 5.41 Å². The number of hydrazone groups is 1. The lowest BCUT2D eigenvalue weighted by Crippen LogP contribution is -2.45. The summed E-state index contributed by atoms with van der Waals surface area (Å²) in [7, 11) is 0. The Morgan fingerprint density at radius 1 is 0.917 bits per heavy atom. The van der Waals surface area contributed by atoms with Crippen LogP contribution in [-0.2, 0) is 14.3 Å². The van der Waals surface area contributed by atoms with Crippen LogP contribution in [0.4, 0.5) is 0 Å². The molecule has 0 bridgehead atoms. The Morgan fingerprint density at radius 3 is 2.25 bits per heavy atom. The van der Waals surface area contributed by atoms with Crippen LogP contribution in [0.15, 0.2) is 95.0 Å². The molecule has 0 amide bonds. The fourth-order valence-electron chi connectivity index (χ4n) is 5.74. The Hall–Kier alpha value is -4.06. The first-order chi connectivity index (χ1) is 17.3. The van der Waals surface area contributed by atoms with Crippen LogP contribution in [0.3, 0.4) is 0 Å². The smallest absolute Gasteiger partial charge is 0.344 e. The van der Waals surface area contributed by atoms with Crippen molar-refractivity contribution in [3.05, 3.63) is 107 Å². The van der Waals surface area contributed by atoms with E-state index in [1.165, 1.54) is 0 Å². The minimum absolute atomic E-state index is 0.00548. The van der Waals surface area contributed by atoms with Gasteiger partial charge in [0.1, 0.15) is 12.1 Å². The van der Waals surface area contributed by atoms with Crippen molar-refractivity contribution in [3.63, 3.8) is 0 Å². The van der Waals surface area contributed by atoms with Crippen molar-refractivity contribution in [2.24, 2.45) is 15.5 Å². The minimum atomic E-state index is -1.38. The number of hydrogen-bond acceptors (Lipinski definition) is 6. The summed E-state index contributed by atoms with van der Waals surface area (Å²) in [4.78, 5) is 33.3. The normalized spacial score (nSPS) is 26.4. The Balaban J connectivity index is 1.66. The van der Waals surface area contributed by atoms with Gasteiger partial charge in [-0.3, -0.25) is 9.80 Å². The minimum Gasteiger partial charge on any atom is -0.405 e. The molecule has 36 heavy (non-hydrogen) atoms. The molecule has 6 nitrogen and oxygen atoms in total. The molecule has 1 spiro atoms. The van der Waals surface area contributed by atoms with Crippen molar-refractivity contribution in [1.82, 2.24) is 5.01 Å². The van der Waals surface area contributed by atoms with E-state index in [1.54, 1.807) is 6.21 Å². The number of fused-ring (bicyclic) bond motifs is 4. The van der Waals surface area contributed by atoms with Crippen LogP contribution in [0.25, 0.3) is 0 Å². The van der Waals surface area contributed by atoms with E-state index in [9.17, 15) is 9.59 Å². The molecule has 6 heteroatoms. The van der Waals surface area contributed by atoms with Gasteiger partial charge in [0.15, 0.2) is 11.3 Å². The predicted octanol–water partition coefficient (Wildman–Crippen LogP) is 4.90. The van der Waals surface area contributed by atoms with Crippen molar-refractivity contribution < 1.29 is 14.3 Å². The number of ketones is 1. The zero-order valence-corrected chi connectivity index (χ0v) is 20.5. The van der Waals surface area contributed by atoms with Crippen molar-refractivity contribution in [3.8, 4) is 0 Å². The van der Waals surface area contributed by atoms with Crippen LogP contribution >= 0.6 is 0 Å². The van der Waals surface area contributed by atoms with E-state index in [0.717, 1.165) is 22.3 Å². The fraction of sp³-hybridized carbons (Fsp3) is 0.267. The van der Waals surface area contributed by atoms with Crippen LogP contribution in [-0.4, -0.2) is 40.5 Å². The third kappa shape index (κ3) is 3.17. The zero-order valence-electron chi connectivity index (χ0n) is 20.5. The molecular weight excluding hydrogens is 450 g/mol. The van der Waals surface area contributed by atoms with Crippen LogP contribution < -0.4 is 0 Å². The molecule has 3 heterocycles. The summed E-state index contributed by atoms with van der Waals surface area (Å²) >= 11 is 0. The van der Waals surface area contributed by atoms with E-state index >= 15 is 0 Å². The molecule has 3 aliphatic heterocycles. The lowest BCUT2D eigenvalue weighted by molar-refractivity contribution is -0.140. The number of benzene rings is 3. The Labute approximate surface area is 210 Å². The molecule has 0 radical (unpaired) electrons. The number of hydrogen-bond donors (Lipinski definition) is 0. The van der Waals surface area contributed by atoms with Gasteiger partial charge in [0.25, 0.3) is 0 Å². The Bertz CT molecular complexity index is 1410. The SMILES string of the molecule is CC(C)(C)C(=O)[C@@H]1[C@@H](c2ccccc2)[C@@]2(N=C(c3ccccc3)OC2=O)[C@H]2c3ccccc3C=NN12. The maximum absolute atomic E-state index is 14.1. The van der Waals surface area contributed by atoms with Gasteiger partial charge in [-0.25, -0.2) is 9.79 Å². The van der Waals surface area contributed by atoms with Crippen LogP contribution in [0.2, 0.25) is 0 Å². The van der Waals surface area contributed by atoms with E-state index in [0.29, 0.717) is 0 Å². The van der Waals surface area contributed by atoms with Gasteiger partial charge >= 0.3 is 5.97 Å². The molecule has 1 fully saturated rings. The standard InChI is InChI=1S/C30H27N3O3/c1-29(2,3)26(34)24-23(19-12-6-4-7-13-19)30(25-22-17-11-10-16-21(22)18-31-33(24)25)28(35)36-27(32-30)20-14-8-5-9-15-20/h4-18,23-25H,1-3H3/t23-,24+,25-,30-/m1/s1. The van der Waals surface area contributed by atoms with E-state index in [4.69, 9.17) is 14.8 Å². The van der Waals surface area contributed by atoms with Crippen molar-refractivity contribution >= 4 is 23.9 Å². The summed E-state index contributed by atoms with van der Waals surface area (Å²) in [6.45, 7) is 5.72. The average Bonchev–Trinajstić information content (AvgIpc) is 3.39. The molecule has 0 aliphatic carbocycles. The molecule has 3 aliphatic rings. The molecule has 6 rings (SSSR count). The summed E-state index contributed by atoms with van der Waals surface area (Å²) in [5.74, 6) is -0.767. The van der Waals surface area contributed by atoms with E-state index in [2.05, 4.69) is 0 Å². The molecular formula is C30H27N3O3. The first kappa shape index (κ1) is 22.4. The molecule has 0 unspecified atom stereocenters. The fourth-order valence-corrected chi connectivity index (χ4v) is 5.74. The monoisotopic (exact) mass is 477 g/mol. The van der Waals surface area contributed by atoms with Crippen molar-refractivity contribution in [2.75, 3.05) is 0 Å². The number of rotatable bonds is 3. The summed E-state index contributed by atoms with van der Waals surface area (Å²) < 4.78 is 5.94. The number of carbonyl (C=O) groups excluding carboxylic acids is 2. The van der Waals surface area contributed by atoms with Crippen molar-refractivity contribution in [2.45, 2.75) is 44.3 Å². The van der Waals surface area contributed by atoms with Gasteiger partial charge in [-0.1, -0.05) is 93.6 Å². The number of Topliss-reactive ketones (excluding diaryl/α,β-unsaturated/α-hetero) is 1. The first-order valence-electron chi connectivity index (χ1n) is 12.2. The second-order valence-corrected chi connectivity index (χ2v) is 10.6. The molecule has 0 aromatic heterocycles. The maximum atomic E-state index is 14.1. The van der Waals surface area contributed by atoms with Crippen LogP contribution in [0.5, 0.6) is 0 Å². The summed E-state index contributed by atoms with van der Waals surface area (Å²) in [6.07, 6.45) is 1.78. The van der Waals surface area contributed by atoms with Gasteiger partial charge < -0.3 is 4.74 Å². The molecule has 1 saturated heterocycles. The van der Waals surface area contributed by atoms with E-state index in [-0.39, 0.29) is 11.7 Å². The van der Waals surface area contributed by atoms with Gasteiger partial charge in [0, 0.05) is 11.0 Å². The molecule has 3 aromatic rings. The average molecular weight is 478 g/mol. The number of esters is 1. The maximum Gasteiger partial charge on any atom is 0.344 e.